The maximum atomic E-state index is 13.4. The maximum absolute atomic E-state index is 13.4. The van der Waals surface area contributed by atoms with Crippen molar-refractivity contribution in [1.29, 1.82) is 0 Å². The van der Waals surface area contributed by atoms with Gasteiger partial charge in [0.15, 0.2) is 0 Å². The lowest BCUT2D eigenvalue weighted by Crippen LogP contribution is -2.11. The summed E-state index contributed by atoms with van der Waals surface area (Å²) < 4.78 is 26.9. The Labute approximate surface area is 95.7 Å². The van der Waals surface area contributed by atoms with E-state index >= 15 is 0 Å². The Morgan fingerprint density at radius 3 is 2.00 bits per heavy atom. The summed E-state index contributed by atoms with van der Waals surface area (Å²) in [5.41, 5.74) is 0.973. The van der Waals surface area contributed by atoms with Crippen LogP contribution in [0.1, 0.15) is 49.7 Å². The molecule has 0 aromatic heterocycles. The molecule has 0 spiro atoms. The summed E-state index contributed by atoms with van der Waals surface area (Å²) in [6.07, 6.45) is 4.45. The molecule has 0 heterocycles. The Balaban J connectivity index is 2.21. The summed E-state index contributed by atoms with van der Waals surface area (Å²) in [5, 5.41) is 0. The second kappa shape index (κ2) is 4.52. The van der Waals surface area contributed by atoms with E-state index in [0.29, 0.717) is 5.92 Å². The minimum Gasteiger partial charge on any atom is -0.207 e. The molecule has 0 N–H and O–H groups in total. The van der Waals surface area contributed by atoms with Crippen LogP contribution in [0.4, 0.5) is 8.78 Å². The van der Waals surface area contributed by atoms with Gasteiger partial charge in [0.05, 0.1) is 0 Å². The van der Waals surface area contributed by atoms with Crippen LogP contribution in [0, 0.1) is 24.5 Å². The van der Waals surface area contributed by atoms with Crippen molar-refractivity contribution in [3.05, 3.63) is 34.9 Å². The Hall–Kier alpha value is -0.920. The largest absolute Gasteiger partial charge is 0.207 e. The van der Waals surface area contributed by atoms with Gasteiger partial charge in [-0.05, 0) is 49.3 Å². The Kier molecular flexibility index (Phi) is 3.27. The highest BCUT2D eigenvalue weighted by Gasteiger charge is 2.21. The van der Waals surface area contributed by atoms with Crippen molar-refractivity contribution < 1.29 is 8.78 Å². The van der Waals surface area contributed by atoms with Crippen LogP contribution in [0.5, 0.6) is 0 Å². The van der Waals surface area contributed by atoms with Gasteiger partial charge in [0.25, 0.3) is 0 Å². The molecule has 1 fully saturated rings. The number of hydrogen-bond acceptors (Lipinski definition) is 0. The average molecular weight is 224 g/mol. The molecule has 0 atom stereocenters. The minimum atomic E-state index is -0.409. The second-order valence-electron chi connectivity index (χ2n) is 5.07. The van der Waals surface area contributed by atoms with Gasteiger partial charge in [-0.1, -0.05) is 19.8 Å². The van der Waals surface area contributed by atoms with Crippen molar-refractivity contribution in [1.82, 2.24) is 0 Å². The third kappa shape index (κ3) is 2.26. The third-order valence-electron chi connectivity index (χ3n) is 3.79. The lowest BCUT2D eigenvalue weighted by Gasteiger charge is -2.26. The molecule has 0 amide bonds. The predicted octanol–water partition coefficient (Wildman–Crippen LogP) is 4.57. The molecule has 0 nitrogen and oxygen atoms in total. The highest BCUT2D eigenvalue weighted by molar-refractivity contribution is 5.28. The second-order valence-corrected chi connectivity index (χ2v) is 5.07. The van der Waals surface area contributed by atoms with E-state index in [9.17, 15) is 8.78 Å². The highest BCUT2D eigenvalue weighted by atomic mass is 19.1. The van der Waals surface area contributed by atoms with Crippen LogP contribution in [0.3, 0.4) is 0 Å². The van der Waals surface area contributed by atoms with Gasteiger partial charge in [0, 0.05) is 5.56 Å². The van der Waals surface area contributed by atoms with E-state index in [1.165, 1.54) is 31.9 Å². The first-order chi connectivity index (χ1) is 7.58. The molecule has 1 aromatic carbocycles. The van der Waals surface area contributed by atoms with Crippen molar-refractivity contribution in [2.45, 2.75) is 45.4 Å². The van der Waals surface area contributed by atoms with Gasteiger partial charge in [-0.3, -0.25) is 0 Å². The van der Waals surface area contributed by atoms with Crippen molar-refractivity contribution in [2.75, 3.05) is 0 Å². The van der Waals surface area contributed by atoms with E-state index in [4.69, 9.17) is 0 Å². The van der Waals surface area contributed by atoms with Crippen LogP contribution >= 0.6 is 0 Å². The molecule has 16 heavy (non-hydrogen) atoms. The molecule has 0 saturated heterocycles. The molecule has 88 valence electrons. The fourth-order valence-corrected chi connectivity index (χ4v) is 2.49. The van der Waals surface area contributed by atoms with Crippen LogP contribution in [0.15, 0.2) is 12.1 Å². The lowest BCUT2D eigenvalue weighted by atomic mass is 9.79. The summed E-state index contributed by atoms with van der Waals surface area (Å²) in [6.45, 7) is 3.73. The topological polar surface area (TPSA) is 0 Å². The molecule has 1 aliphatic rings. The van der Waals surface area contributed by atoms with E-state index in [-0.39, 0.29) is 5.56 Å². The normalized spacial score (nSPS) is 25.8. The Morgan fingerprint density at radius 1 is 1.00 bits per heavy atom. The van der Waals surface area contributed by atoms with Crippen molar-refractivity contribution in [3.63, 3.8) is 0 Å². The molecular weight excluding hydrogens is 206 g/mol. The minimum absolute atomic E-state index is 0.132. The number of benzene rings is 1. The fraction of sp³-hybridized carbons (Fsp3) is 0.571. The zero-order chi connectivity index (χ0) is 11.7. The first-order valence-electron chi connectivity index (χ1n) is 6.03. The van der Waals surface area contributed by atoms with Gasteiger partial charge in [0.1, 0.15) is 11.6 Å². The van der Waals surface area contributed by atoms with Crippen LogP contribution in [-0.4, -0.2) is 0 Å². The van der Waals surface area contributed by atoms with Crippen molar-refractivity contribution in [2.24, 2.45) is 5.92 Å². The third-order valence-corrected chi connectivity index (χ3v) is 3.79. The molecule has 0 unspecified atom stereocenters. The number of hydrogen-bond donors (Lipinski definition) is 0. The van der Waals surface area contributed by atoms with Gasteiger partial charge in [-0.15, -0.1) is 0 Å². The van der Waals surface area contributed by atoms with E-state index in [0.717, 1.165) is 24.3 Å². The molecule has 0 radical (unpaired) electrons. The molecule has 0 bridgehead atoms. The van der Waals surface area contributed by atoms with Gasteiger partial charge in [-0.2, -0.15) is 0 Å². The predicted molar refractivity (Wildman–Crippen MR) is 61.5 cm³/mol. The molecule has 1 saturated carbocycles. The van der Waals surface area contributed by atoms with Gasteiger partial charge < -0.3 is 0 Å². The van der Waals surface area contributed by atoms with Gasteiger partial charge >= 0.3 is 0 Å². The molecule has 1 aliphatic carbocycles. The van der Waals surface area contributed by atoms with E-state index < -0.39 is 11.6 Å². The first kappa shape index (κ1) is 11.6. The quantitative estimate of drug-likeness (QED) is 0.655. The monoisotopic (exact) mass is 224 g/mol. The van der Waals surface area contributed by atoms with Crippen LogP contribution < -0.4 is 0 Å². The van der Waals surface area contributed by atoms with Crippen LogP contribution in [0.2, 0.25) is 0 Å². The van der Waals surface area contributed by atoms with E-state index in [1.807, 2.05) is 0 Å². The average Bonchev–Trinajstić information content (AvgIpc) is 2.26. The van der Waals surface area contributed by atoms with Crippen molar-refractivity contribution in [3.8, 4) is 0 Å². The van der Waals surface area contributed by atoms with Gasteiger partial charge in [-0.25, -0.2) is 8.78 Å². The standard InChI is InChI=1S/C14H18F2/c1-9-3-5-11(6-4-9)12-7-13(15)10(2)14(16)8-12/h7-9,11H,3-6H2,1-2H3. The Morgan fingerprint density at radius 2 is 1.50 bits per heavy atom. The first-order valence-corrected chi connectivity index (χ1v) is 6.03. The van der Waals surface area contributed by atoms with Gasteiger partial charge in [0.2, 0.25) is 0 Å². The molecule has 2 heteroatoms. The van der Waals surface area contributed by atoms with Crippen LogP contribution in [0.25, 0.3) is 0 Å². The lowest BCUT2D eigenvalue weighted by molar-refractivity contribution is 0.346. The SMILES string of the molecule is Cc1c(F)cc(C2CCC(C)CC2)cc1F. The number of halogens is 2. The highest BCUT2D eigenvalue weighted by Crippen LogP contribution is 2.36. The molecular formula is C14H18F2. The summed E-state index contributed by atoms with van der Waals surface area (Å²) in [4.78, 5) is 0. The summed E-state index contributed by atoms with van der Waals surface area (Å²) in [5.74, 6) is 0.291. The van der Waals surface area contributed by atoms with Crippen LogP contribution in [-0.2, 0) is 0 Å². The number of rotatable bonds is 1. The van der Waals surface area contributed by atoms with E-state index in [1.54, 1.807) is 0 Å². The van der Waals surface area contributed by atoms with E-state index in [2.05, 4.69) is 6.92 Å². The summed E-state index contributed by atoms with van der Waals surface area (Å²) in [7, 11) is 0. The smallest absolute Gasteiger partial charge is 0.129 e. The zero-order valence-corrected chi connectivity index (χ0v) is 9.89. The zero-order valence-electron chi connectivity index (χ0n) is 9.89. The molecule has 1 aromatic rings. The summed E-state index contributed by atoms with van der Waals surface area (Å²) >= 11 is 0. The summed E-state index contributed by atoms with van der Waals surface area (Å²) in [6, 6.07) is 3.03. The molecule has 2 rings (SSSR count). The maximum Gasteiger partial charge on any atom is 0.129 e. The molecule has 0 aliphatic heterocycles. The Bertz CT molecular complexity index is 353. The van der Waals surface area contributed by atoms with Crippen molar-refractivity contribution >= 4 is 0 Å². The fourth-order valence-electron chi connectivity index (χ4n) is 2.49.